The van der Waals surface area contributed by atoms with Crippen LogP contribution in [0.4, 0.5) is 5.69 Å². The van der Waals surface area contributed by atoms with Gasteiger partial charge >= 0.3 is 5.97 Å². The van der Waals surface area contributed by atoms with E-state index in [0.717, 1.165) is 38.9 Å². The summed E-state index contributed by atoms with van der Waals surface area (Å²) in [6, 6.07) is 7.78. The zero-order valence-corrected chi connectivity index (χ0v) is 21.8. The second kappa shape index (κ2) is 8.62. The second-order valence-electron chi connectivity index (χ2n) is 10.9. The number of carbonyl (C=O) groups excluding carboxylic acids is 2. The van der Waals surface area contributed by atoms with Crippen molar-refractivity contribution in [1.82, 2.24) is 4.90 Å². The van der Waals surface area contributed by atoms with Crippen LogP contribution in [0.25, 0.3) is 10.8 Å². The van der Waals surface area contributed by atoms with Gasteiger partial charge in [0.05, 0.1) is 56.4 Å². The maximum atomic E-state index is 13.9. The van der Waals surface area contributed by atoms with Crippen molar-refractivity contribution in [3.8, 4) is 0 Å². The monoisotopic (exact) mass is 528 g/mol. The summed E-state index contributed by atoms with van der Waals surface area (Å²) >= 11 is 0. The number of aliphatic hydroxyl groups is 1. The van der Waals surface area contributed by atoms with Gasteiger partial charge in [-0.25, -0.2) is 9.00 Å². The predicted molar refractivity (Wildman–Crippen MR) is 139 cm³/mol. The van der Waals surface area contributed by atoms with E-state index in [2.05, 4.69) is 31.1 Å². The summed E-state index contributed by atoms with van der Waals surface area (Å²) in [5, 5.41) is 12.3. The Morgan fingerprint density at radius 1 is 1.30 bits per heavy atom. The first-order valence-electron chi connectivity index (χ1n) is 12.1. The number of quaternary nitrogens is 1. The number of benzene rings is 2. The number of aliphatic hydroxyl groups excluding tert-OH is 1. The van der Waals surface area contributed by atoms with Crippen molar-refractivity contribution in [2.24, 2.45) is 11.8 Å². The highest BCUT2D eigenvalue weighted by molar-refractivity contribution is 7.87. The molecule has 1 fully saturated rings. The average molecular weight is 529 g/mol. The Labute approximate surface area is 219 Å². The number of amides is 1. The minimum absolute atomic E-state index is 0. The molecule has 6 rings (SSSR count). The Morgan fingerprint density at radius 2 is 2.03 bits per heavy atom. The van der Waals surface area contributed by atoms with E-state index in [1.165, 1.54) is 23.1 Å². The normalized spacial score (nSPS) is 27.7. The van der Waals surface area contributed by atoms with Gasteiger partial charge in [0.25, 0.3) is 0 Å². The van der Waals surface area contributed by atoms with E-state index in [4.69, 9.17) is 4.89 Å². The maximum absolute atomic E-state index is 13.9. The summed E-state index contributed by atoms with van der Waals surface area (Å²) < 4.78 is 16.6. The third-order valence-electron chi connectivity index (χ3n) is 8.13. The first kappa shape index (κ1) is 25.8. The molecule has 2 aromatic rings. The minimum atomic E-state index is -1.48. The van der Waals surface area contributed by atoms with Crippen molar-refractivity contribution in [3.63, 3.8) is 0 Å². The SMILES string of the molecule is C.COOC(=O)C1=C(CN2c3cccc4c5c(cc(c34)S2=O)C[N+](C)(C)C5)[C@H](C)C2C([C@@H](C)O)C(=O)N12. The number of nitrogens with zero attached hydrogens (tertiary/aromatic N) is 3. The molecule has 4 aliphatic heterocycles. The molecule has 0 radical (unpaired) electrons. The van der Waals surface area contributed by atoms with Crippen molar-refractivity contribution < 1.29 is 33.2 Å². The van der Waals surface area contributed by atoms with E-state index in [1.807, 2.05) is 23.4 Å². The molecule has 1 saturated heterocycles. The van der Waals surface area contributed by atoms with Gasteiger partial charge in [0.2, 0.25) is 5.91 Å². The number of β-lactam (4-membered cyclic amide) rings is 1. The number of hydrogen-bond acceptors (Lipinski definition) is 6. The van der Waals surface area contributed by atoms with Crippen LogP contribution in [-0.2, 0) is 43.4 Å². The standard InChI is InChI=1S/C26H30N3O6S.CH4/c1-13-17(24(26(32)35-34-5)28-23(13)21(14(2)30)25(28)31)10-27-19-8-6-7-16-18-12-29(3,4)11-15(18)9-20(22(16)19)36(27)33;/h6-9,13-14,21,23,30H,10-12H2,1-5H3;1H4/q+1;/t13-,14+,21?,23?,36?;/m0./s1. The highest BCUT2D eigenvalue weighted by Gasteiger charge is 2.60. The van der Waals surface area contributed by atoms with Gasteiger partial charge in [-0.15, -0.1) is 0 Å². The Kier molecular flexibility index (Phi) is 6.02. The molecule has 0 aromatic heterocycles. The van der Waals surface area contributed by atoms with E-state index < -0.39 is 29.0 Å². The van der Waals surface area contributed by atoms with E-state index in [9.17, 15) is 18.9 Å². The van der Waals surface area contributed by atoms with Crippen LogP contribution >= 0.6 is 0 Å². The fourth-order valence-corrected chi connectivity index (χ4v) is 8.08. The molecule has 0 bridgehead atoms. The van der Waals surface area contributed by atoms with E-state index in [0.29, 0.717) is 5.57 Å². The number of anilines is 1. The van der Waals surface area contributed by atoms with Gasteiger partial charge in [-0.1, -0.05) is 26.5 Å². The smallest absolute Gasteiger partial charge is 0.389 e. The first-order chi connectivity index (χ1) is 17.1. The van der Waals surface area contributed by atoms with E-state index in [1.54, 1.807) is 6.92 Å². The Hall–Kier alpha value is -2.79. The zero-order chi connectivity index (χ0) is 25.7. The fraction of sp³-hybridized carbons (Fsp3) is 0.481. The lowest BCUT2D eigenvalue weighted by Crippen LogP contribution is -2.63. The molecular formula is C27H34N3O6S+. The molecule has 198 valence electrons. The largest absolute Gasteiger partial charge is 0.393 e. The number of carbonyl (C=O) groups is 2. The van der Waals surface area contributed by atoms with Gasteiger partial charge < -0.3 is 14.5 Å². The molecule has 4 aliphatic rings. The van der Waals surface area contributed by atoms with Crippen molar-refractivity contribution in [1.29, 1.82) is 0 Å². The lowest BCUT2D eigenvalue weighted by Gasteiger charge is -2.46. The Balaban J connectivity index is 0.00000280. The highest BCUT2D eigenvalue weighted by atomic mass is 32.2. The Morgan fingerprint density at radius 3 is 2.70 bits per heavy atom. The minimum Gasteiger partial charge on any atom is -0.393 e. The molecule has 9 nitrogen and oxygen atoms in total. The summed E-state index contributed by atoms with van der Waals surface area (Å²) in [6.07, 6.45) is -0.843. The van der Waals surface area contributed by atoms with Crippen LogP contribution in [0, 0.1) is 11.8 Å². The lowest BCUT2D eigenvalue weighted by molar-refractivity contribution is -0.909. The maximum Gasteiger partial charge on any atom is 0.389 e. The van der Waals surface area contributed by atoms with Crippen LogP contribution in [0.5, 0.6) is 0 Å². The third kappa shape index (κ3) is 3.49. The molecule has 37 heavy (non-hydrogen) atoms. The molecule has 0 aliphatic carbocycles. The van der Waals surface area contributed by atoms with Crippen LogP contribution < -0.4 is 4.31 Å². The van der Waals surface area contributed by atoms with Gasteiger partial charge in [-0.3, -0.25) is 14.0 Å². The molecular weight excluding hydrogens is 494 g/mol. The number of fused-ring (bicyclic) bond motifs is 3. The number of rotatable bonds is 5. The number of hydrogen-bond donors (Lipinski definition) is 1. The summed E-state index contributed by atoms with van der Waals surface area (Å²) in [4.78, 5) is 37.5. The Bertz CT molecular complexity index is 1400. The van der Waals surface area contributed by atoms with Gasteiger partial charge in [-0.05, 0) is 30.0 Å². The van der Waals surface area contributed by atoms with Gasteiger partial charge in [-0.2, -0.15) is 4.89 Å². The quantitative estimate of drug-likeness (QED) is 0.277. The molecule has 1 N–H and O–H groups in total. The van der Waals surface area contributed by atoms with Gasteiger partial charge in [0, 0.05) is 22.4 Å². The summed E-state index contributed by atoms with van der Waals surface area (Å²) in [5.74, 6) is -1.91. The molecule has 2 aromatic carbocycles. The molecule has 3 unspecified atom stereocenters. The van der Waals surface area contributed by atoms with Crippen molar-refractivity contribution in [3.05, 3.63) is 46.7 Å². The molecule has 0 spiro atoms. The molecule has 4 heterocycles. The van der Waals surface area contributed by atoms with E-state index >= 15 is 0 Å². The molecule has 5 atom stereocenters. The molecule has 0 saturated carbocycles. The summed E-state index contributed by atoms with van der Waals surface area (Å²) in [5.41, 5.74) is 4.15. The van der Waals surface area contributed by atoms with Crippen LogP contribution in [0.15, 0.2) is 40.4 Å². The van der Waals surface area contributed by atoms with Crippen LogP contribution in [0.3, 0.4) is 0 Å². The topological polar surface area (TPSA) is 96.4 Å². The first-order valence-corrected chi connectivity index (χ1v) is 13.2. The third-order valence-corrected chi connectivity index (χ3v) is 9.55. The van der Waals surface area contributed by atoms with Crippen molar-refractivity contribution >= 4 is 39.3 Å². The van der Waals surface area contributed by atoms with Crippen LogP contribution in [-0.4, -0.2) is 70.5 Å². The van der Waals surface area contributed by atoms with Gasteiger partial charge in [0.1, 0.15) is 18.8 Å². The molecule has 10 heteroatoms. The zero-order valence-electron chi connectivity index (χ0n) is 21.0. The lowest BCUT2D eigenvalue weighted by atomic mass is 9.78. The van der Waals surface area contributed by atoms with Gasteiger partial charge in [0.15, 0.2) is 11.0 Å². The summed E-state index contributed by atoms with van der Waals surface area (Å²) in [6.45, 7) is 5.51. The molecule has 1 amide bonds. The fourth-order valence-electron chi connectivity index (χ4n) is 6.62. The van der Waals surface area contributed by atoms with Crippen molar-refractivity contribution in [2.45, 2.75) is 51.4 Å². The average Bonchev–Trinajstić information content (AvgIpc) is 3.36. The van der Waals surface area contributed by atoms with Crippen molar-refractivity contribution in [2.75, 3.05) is 32.1 Å². The van der Waals surface area contributed by atoms with E-state index in [-0.39, 0.29) is 37.5 Å². The van der Waals surface area contributed by atoms with Crippen LogP contribution in [0.1, 0.15) is 32.4 Å². The second-order valence-corrected chi connectivity index (χ2v) is 12.3. The summed E-state index contributed by atoms with van der Waals surface area (Å²) in [7, 11) is 4.15. The van der Waals surface area contributed by atoms with Crippen LogP contribution in [0.2, 0.25) is 0 Å². The highest BCUT2D eigenvalue weighted by Crippen LogP contribution is 2.50. The predicted octanol–water partition coefficient (Wildman–Crippen LogP) is 2.62.